The Kier molecular flexibility index (Phi) is 9.40. The van der Waals surface area contributed by atoms with Crippen LogP contribution in [0.1, 0.15) is 51.9 Å². The van der Waals surface area contributed by atoms with E-state index in [0.29, 0.717) is 25.7 Å². The van der Waals surface area contributed by atoms with E-state index in [0.717, 1.165) is 56.0 Å². The summed E-state index contributed by atoms with van der Waals surface area (Å²) in [6.45, 7) is 6.71. The van der Waals surface area contributed by atoms with Crippen LogP contribution >= 0.6 is 11.8 Å². The topological polar surface area (TPSA) is 77.0 Å². The third kappa shape index (κ3) is 7.29. The number of piperidine rings is 1. The summed E-state index contributed by atoms with van der Waals surface area (Å²) in [5, 5.41) is 6.83. The molecule has 3 rings (SSSR count). The zero-order valence-corrected chi connectivity index (χ0v) is 19.6. The first-order valence-corrected chi connectivity index (χ1v) is 14.2. The van der Waals surface area contributed by atoms with Gasteiger partial charge in [0.2, 0.25) is 10.0 Å². The first kappa shape index (κ1) is 23.2. The lowest BCUT2D eigenvalue weighted by Gasteiger charge is -2.39. The predicted octanol–water partition coefficient (Wildman–Crippen LogP) is 1.72. The normalized spacial score (nSPS) is 24.5. The first-order valence-electron chi connectivity index (χ1n) is 11.4. The Morgan fingerprint density at radius 3 is 2.38 bits per heavy atom. The maximum absolute atomic E-state index is 12.5. The van der Waals surface area contributed by atoms with E-state index in [4.69, 9.17) is 0 Å². The Hall–Kier alpha value is -0.510. The van der Waals surface area contributed by atoms with E-state index in [9.17, 15) is 8.42 Å². The molecule has 0 unspecified atom stereocenters. The second-order valence-corrected chi connectivity index (χ2v) is 11.6. The number of nitrogens with one attached hydrogen (secondary N) is 2. The molecule has 1 aliphatic carbocycles. The summed E-state index contributed by atoms with van der Waals surface area (Å²) in [7, 11) is -3.20. The van der Waals surface area contributed by atoms with Crippen LogP contribution in [0, 0.1) is 0 Å². The molecule has 0 atom stereocenters. The molecular formula is C20H39N5O2S2. The van der Waals surface area contributed by atoms with E-state index in [1.54, 1.807) is 4.31 Å². The predicted molar refractivity (Wildman–Crippen MR) is 123 cm³/mol. The van der Waals surface area contributed by atoms with Gasteiger partial charge < -0.3 is 15.5 Å². The average molecular weight is 446 g/mol. The summed E-state index contributed by atoms with van der Waals surface area (Å²) in [6.07, 6.45) is 9.18. The van der Waals surface area contributed by atoms with Crippen LogP contribution in [0.25, 0.3) is 0 Å². The minimum Gasteiger partial charge on any atom is -0.357 e. The SMILES string of the molecule is CCNC(=NCCS(=O)(=O)N1CCSCC1)NC1CCN(C2CCCCC2)CC1. The highest BCUT2D eigenvalue weighted by Gasteiger charge is 2.27. The van der Waals surface area contributed by atoms with Crippen molar-refractivity contribution < 1.29 is 8.42 Å². The maximum atomic E-state index is 12.5. The fraction of sp³-hybridized carbons (Fsp3) is 0.950. The van der Waals surface area contributed by atoms with Crippen LogP contribution in [0.2, 0.25) is 0 Å². The Morgan fingerprint density at radius 2 is 1.72 bits per heavy atom. The molecule has 0 bridgehead atoms. The summed E-state index contributed by atoms with van der Waals surface area (Å²) >= 11 is 1.82. The van der Waals surface area contributed by atoms with E-state index in [1.807, 2.05) is 18.7 Å². The molecule has 0 amide bonds. The zero-order valence-electron chi connectivity index (χ0n) is 17.9. The molecule has 0 aromatic heterocycles. The number of rotatable bonds is 7. The van der Waals surface area contributed by atoms with Crippen molar-refractivity contribution >= 4 is 27.7 Å². The number of sulfonamides is 1. The van der Waals surface area contributed by atoms with Gasteiger partial charge in [0.15, 0.2) is 5.96 Å². The quantitative estimate of drug-likeness (QED) is 0.459. The lowest BCUT2D eigenvalue weighted by molar-refractivity contribution is 0.119. The van der Waals surface area contributed by atoms with Crippen LogP contribution in [0.5, 0.6) is 0 Å². The van der Waals surface area contributed by atoms with E-state index in [1.165, 1.54) is 32.1 Å². The zero-order chi connectivity index (χ0) is 20.5. The van der Waals surface area contributed by atoms with E-state index < -0.39 is 10.0 Å². The molecule has 3 aliphatic rings. The summed E-state index contributed by atoms with van der Waals surface area (Å²) in [6, 6.07) is 1.22. The standard InChI is InChI=1S/C20H39N5O2S2/c1-2-21-20(22-10-17-29(26,27)25-13-15-28-16-14-25)23-18-8-11-24(12-9-18)19-6-4-3-5-7-19/h18-19H,2-17H2,1H3,(H2,21,22,23). The average Bonchev–Trinajstić information content (AvgIpc) is 2.75. The number of thioether (sulfide) groups is 1. The molecule has 2 N–H and O–H groups in total. The lowest BCUT2D eigenvalue weighted by Crippen LogP contribution is -2.51. The largest absolute Gasteiger partial charge is 0.357 e. The smallest absolute Gasteiger partial charge is 0.215 e. The van der Waals surface area contributed by atoms with Crippen LogP contribution in [0.3, 0.4) is 0 Å². The van der Waals surface area contributed by atoms with Gasteiger partial charge in [-0.05, 0) is 32.6 Å². The van der Waals surface area contributed by atoms with Gasteiger partial charge in [0.05, 0.1) is 12.3 Å². The maximum Gasteiger partial charge on any atom is 0.215 e. The monoisotopic (exact) mass is 445 g/mol. The summed E-state index contributed by atoms with van der Waals surface area (Å²) in [4.78, 5) is 7.25. The van der Waals surface area contributed by atoms with Crippen molar-refractivity contribution in [1.29, 1.82) is 0 Å². The second-order valence-electron chi connectivity index (χ2n) is 8.33. The number of guanidine groups is 1. The lowest BCUT2D eigenvalue weighted by atomic mass is 9.92. The first-order chi connectivity index (χ1) is 14.1. The van der Waals surface area contributed by atoms with Crippen molar-refractivity contribution in [2.75, 3.05) is 56.5 Å². The van der Waals surface area contributed by atoms with Gasteiger partial charge in [-0.25, -0.2) is 12.7 Å². The molecule has 0 spiro atoms. The highest BCUT2D eigenvalue weighted by Crippen LogP contribution is 2.25. The molecule has 0 radical (unpaired) electrons. The fourth-order valence-corrected chi connectivity index (χ4v) is 7.05. The van der Waals surface area contributed by atoms with Gasteiger partial charge >= 0.3 is 0 Å². The van der Waals surface area contributed by atoms with Gasteiger partial charge in [-0.15, -0.1) is 0 Å². The van der Waals surface area contributed by atoms with Crippen molar-refractivity contribution in [3.8, 4) is 0 Å². The molecule has 29 heavy (non-hydrogen) atoms. The van der Waals surface area contributed by atoms with Gasteiger partial charge in [-0.1, -0.05) is 19.3 Å². The molecule has 9 heteroatoms. The second kappa shape index (κ2) is 11.8. The highest BCUT2D eigenvalue weighted by molar-refractivity contribution is 7.99. The Morgan fingerprint density at radius 1 is 1.03 bits per heavy atom. The molecule has 7 nitrogen and oxygen atoms in total. The van der Waals surface area contributed by atoms with Gasteiger partial charge in [-0.2, -0.15) is 11.8 Å². The number of hydrogen-bond donors (Lipinski definition) is 2. The molecule has 0 aromatic carbocycles. The minimum atomic E-state index is -3.20. The fourth-order valence-electron chi connectivity index (χ4n) is 4.60. The van der Waals surface area contributed by atoms with E-state index >= 15 is 0 Å². The van der Waals surface area contributed by atoms with Gasteiger partial charge in [0, 0.05) is 56.3 Å². The van der Waals surface area contributed by atoms with Crippen LogP contribution in [-0.2, 0) is 10.0 Å². The summed E-state index contributed by atoms with van der Waals surface area (Å²) in [5.41, 5.74) is 0. The van der Waals surface area contributed by atoms with Crippen molar-refractivity contribution in [2.24, 2.45) is 4.99 Å². The minimum absolute atomic E-state index is 0.0916. The number of aliphatic imine (C=N–C) groups is 1. The van der Waals surface area contributed by atoms with Crippen molar-refractivity contribution in [3.05, 3.63) is 0 Å². The highest BCUT2D eigenvalue weighted by atomic mass is 32.2. The molecule has 2 saturated heterocycles. The third-order valence-corrected chi connectivity index (χ3v) is 9.08. The van der Waals surface area contributed by atoms with Crippen LogP contribution in [-0.4, -0.2) is 92.2 Å². The van der Waals surface area contributed by atoms with Gasteiger partial charge in [0.1, 0.15) is 0 Å². The number of nitrogens with zero attached hydrogens (tertiary/aromatic N) is 3. The molecule has 0 aromatic rings. The molecule has 2 aliphatic heterocycles. The summed E-state index contributed by atoms with van der Waals surface area (Å²) in [5.74, 6) is 2.64. The van der Waals surface area contributed by atoms with Crippen LogP contribution in [0.15, 0.2) is 4.99 Å². The van der Waals surface area contributed by atoms with E-state index in [2.05, 4.69) is 20.5 Å². The van der Waals surface area contributed by atoms with Crippen molar-refractivity contribution in [2.45, 2.75) is 64.0 Å². The number of hydrogen-bond acceptors (Lipinski definition) is 5. The Labute approximate surface area is 181 Å². The number of likely N-dealkylation sites (tertiary alicyclic amines) is 1. The van der Waals surface area contributed by atoms with Crippen LogP contribution < -0.4 is 10.6 Å². The summed E-state index contributed by atoms with van der Waals surface area (Å²) < 4.78 is 26.6. The van der Waals surface area contributed by atoms with Gasteiger partial charge in [0.25, 0.3) is 0 Å². The molecule has 168 valence electrons. The molecular weight excluding hydrogens is 406 g/mol. The molecule has 1 saturated carbocycles. The van der Waals surface area contributed by atoms with Crippen LogP contribution in [0.4, 0.5) is 0 Å². The van der Waals surface area contributed by atoms with Crippen molar-refractivity contribution in [1.82, 2.24) is 19.8 Å². The van der Waals surface area contributed by atoms with Gasteiger partial charge in [-0.3, -0.25) is 4.99 Å². The van der Waals surface area contributed by atoms with Crippen molar-refractivity contribution in [3.63, 3.8) is 0 Å². The Balaban J connectivity index is 1.44. The third-order valence-electron chi connectivity index (χ3n) is 6.29. The molecule has 3 fully saturated rings. The van der Waals surface area contributed by atoms with E-state index in [-0.39, 0.29) is 5.75 Å². The molecule has 2 heterocycles. The Bertz CT molecular complexity index is 608.